The van der Waals surface area contributed by atoms with Crippen molar-refractivity contribution in [1.29, 1.82) is 0 Å². The first-order valence-corrected chi connectivity index (χ1v) is 10.5. The molecular formula is C24H27F3N2O2. The lowest BCUT2D eigenvalue weighted by molar-refractivity contribution is -0.137. The highest BCUT2D eigenvalue weighted by molar-refractivity contribution is 5.94. The van der Waals surface area contributed by atoms with Gasteiger partial charge in [0.05, 0.1) is 5.56 Å². The number of amides is 2. The maximum atomic E-state index is 12.8. The summed E-state index contributed by atoms with van der Waals surface area (Å²) in [5.41, 5.74) is 1.46. The molecule has 31 heavy (non-hydrogen) atoms. The van der Waals surface area contributed by atoms with Gasteiger partial charge in [-0.25, -0.2) is 0 Å². The van der Waals surface area contributed by atoms with Crippen LogP contribution in [0.25, 0.3) is 0 Å². The van der Waals surface area contributed by atoms with Gasteiger partial charge < -0.3 is 10.2 Å². The molecule has 0 unspecified atom stereocenters. The molecule has 2 aromatic carbocycles. The fourth-order valence-corrected chi connectivity index (χ4v) is 3.87. The second kappa shape index (κ2) is 9.98. The molecule has 4 nitrogen and oxygen atoms in total. The molecule has 0 atom stereocenters. The smallest absolute Gasteiger partial charge is 0.352 e. The summed E-state index contributed by atoms with van der Waals surface area (Å²) in [4.78, 5) is 26.6. The average Bonchev–Trinajstić information content (AvgIpc) is 2.76. The maximum absolute atomic E-state index is 12.8. The summed E-state index contributed by atoms with van der Waals surface area (Å²) in [5, 5.41) is 2.70. The molecule has 0 spiro atoms. The first kappa shape index (κ1) is 22.8. The van der Waals surface area contributed by atoms with Crippen LogP contribution in [0.3, 0.4) is 0 Å². The molecular weight excluding hydrogens is 405 g/mol. The maximum Gasteiger partial charge on any atom is 0.416 e. The normalized spacial score (nSPS) is 15.0. The summed E-state index contributed by atoms with van der Waals surface area (Å²) in [6, 6.07) is 12.5. The van der Waals surface area contributed by atoms with Gasteiger partial charge in [0.2, 0.25) is 5.91 Å². The molecule has 3 rings (SSSR count). The summed E-state index contributed by atoms with van der Waals surface area (Å²) in [7, 11) is 0. The van der Waals surface area contributed by atoms with E-state index in [2.05, 4.69) is 5.32 Å². The zero-order valence-corrected chi connectivity index (χ0v) is 17.5. The zero-order chi connectivity index (χ0) is 22.4. The van der Waals surface area contributed by atoms with Crippen molar-refractivity contribution in [1.82, 2.24) is 10.2 Å². The van der Waals surface area contributed by atoms with E-state index in [0.717, 1.165) is 30.5 Å². The summed E-state index contributed by atoms with van der Waals surface area (Å²) in [6.45, 7) is 3.37. The molecule has 1 fully saturated rings. The highest BCUT2D eigenvalue weighted by atomic mass is 19.4. The number of aryl methyl sites for hydroxylation is 1. The third-order valence-electron chi connectivity index (χ3n) is 5.69. The van der Waals surface area contributed by atoms with Gasteiger partial charge in [0.25, 0.3) is 5.91 Å². The molecule has 2 amide bonds. The summed E-state index contributed by atoms with van der Waals surface area (Å²) < 4.78 is 38.3. The minimum absolute atomic E-state index is 0.0426. The van der Waals surface area contributed by atoms with E-state index in [1.807, 2.05) is 36.1 Å². The second-order valence-corrected chi connectivity index (χ2v) is 8.12. The Balaban J connectivity index is 1.39. The van der Waals surface area contributed by atoms with Crippen LogP contribution in [0.1, 0.15) is 52.7 Å². The molecule has 1 saturated heterocycles. The van der Waals surface area contributed by atoms with Gasteiger partial charge in [-0.15, -0.1) is 0 Å². The van der Waals surface area contributed by atoms with E-state index in [-0.39, 0.29) is 18.4 Å². The number of hydrogen-bond acceptors (Lipinski definition) is 2. The van der Waals surface area contributed by atoms with Gasteiger partial charge in [-0.05, 0) is 61.9 Å². The lowest BCUT2D eigenvalue weighted by Gasteiger charge is -2.32. The van der Waals surface area contributed by atoms with E-state index in [1.165, 1.54) is 6.07 Å². The monoisotopic (exact) mass is 432 g/mol. The van der Waals surface area contributed by atoms with E-state index < -0.39 is 11.7 Å². The van der Waals surface area contributed by atoms with Gasteiger partial charge in [-0.2, -0.15) is 13.2 Å². The Bertz CT molecular complexity index is 919. The minimum atomic E-state index is -4.39. The summed E-state index contributed by atoms with van der Waals surface area (Å²) in [5.74, 6) is 0.234. The van der Waals surface area contributed by atoms with E-state index >= 15 is 0 Å². The van der Waals surface area contributed by atoms with Gasteiger partial charge in [0, 0.05) is 31.6 Å². The lowest BCUT2D eigenvalue weighted by Crippen LogP contribution is -2.38. The third-order valence-corrected chi connectivity index (χ3v) is 5.69. The number of likely N-dealkylation sites (tertiary alicyclic amines) is 1. The van der Waals surface area contributed by atoms with Crippen molar-refractivity contribution in [2.24, 2.45) is 5.92 Å². The highest BCUT2D eigenvalue weighted by Gasteiger charge is 2.30. The molecule has 1 aliphatic heterocycles. The number of piperidine rings is 1. The van der Waals surface area contributed by atoms with Crippen molar-refractivity contribution in [3.05, 3.63) is 70.8 Å². The van der Waals surface area contributed by atoms with Crippen molar-refractivity contribution in [3.8, 4) is 0 Å². The molecule has 0 saturated carbocycles. The standard InChI is InChI=1S/C24H27F3N2O2/c1-17-4-2-6-20(14-17)23(31)29-12-10-18(11-13-29)8-9-22(30)28-16-19-5-3-7-21(15-19)24(25,26)27/h2-7,14-15,18H,8-13,16H2,1H3,(H,28,30). The third kappa shape index (κ3) is 6.57. The molecule has 0 radical (unpaired) electrons. The Hall–Kier alpha value is -2.83. The predicted molar refractivity (Wildman–Crippen MR) is 112 cm³/mol. The Morgan fingerprint density at radius 3 is 2.45 bits per heavy atom. The van der Waals surface area contributed by atoms with Crippen molar-refractivity contribution in [2.45, 2.75) is 45.3 Å². The number of alkyl halides is 3. The van der Waals surface area contributed by atoms with Crippen LogP contribution in [0.5, 0.6) is 0 Å². The number of rotatable bonds is 6. The Kier molecular flexibility index (Phi) is 7.36. The molecule has 0 aliphatic carbocycles. The number of benzene rings is 2. The summed E-state index contributed by atoms with van der Waals surface area (Å²) in [6.07, 6.45) is -1.66. The average molecular weight is 432 g/mol. The van der Waals surface area contributed by atoms with Crippen LogP contribution in [0.15, 0.2) is 48.5 Å². The fourth-order valence-electron chi connectivity index (χ4n) is 3.87. The number of nitrogens with one attached hydrogen (secondary N) is 1. The molecule has 0 aromatic heterocycles. The van der Waals surface area contributed by atoms with Gasteiger partial charge in [-0.1, -0.05) is 29.8 Å². The van der Waals surface area contributed by atoms with E-state index in [9.17, 15) is 22.8 Å². The van der Waals surface area contributed by atoms with Gasteiger partial charge in [0.15, 0.2) is 0 Å². The molecule has 166 valence electrons. The Morgan fingerprint density at radius 1 is 1.06 bits per heavy atom. The number of nitrogens with zero attached hydrogens (tertiary/aromatic N) is 1. The number of halogens is 3. The number of carbonyl (C=O) groups excluding carboxylic acids is 2. The van der Waals surface area contributed by atoms with Crippen molar-refractivity contribution >= 4 is 11.8 Å². The van der Waals surface area contributed by atoms with Crippen LogP contribution in [-0.2, 0) is 17.5 Å². The van der Waals surface area contributed by atoms with Crippen LogP contribution in [0, 0.1) is 12.8 Å². The summed E-state index contributed by atoms with van der Waals surface area (Å²) >= 11 is 0. The van der Waals surface area contributed by atoms with Crippen molar-refractivity contribution in [3.63, 3.8) is 0 Å². The van der Waals surface area contributed by atoms with Gasteiger partial charge >= 0.3 is 6.18 Å². The molecule has 7 heteroatoms. The molecule has 1 N–H and O–H groups in total. The molecule has 1 aliphatic rings. The zero-order valence-electron chi connectivity index (χ0n) is 17.5. The quantitative estimate of drug-likeness (QED) is 0.701. The highest BCUT2D eigenvalue weighted by Crippen LogP contribution is 2.29. The van der Waals surface area contributed by atoms with Crippen molar-refractivity contribution < 1.29 is 22.8 Å². The van der Waals surface area contributed by atoms with E-state index in [1.54, 1.807) is 6.07 Å². The van der Waals surface area contributed by atoms with E-state index in [0.29, 0.717) is 43.0 Å². The number of carbonyl (C=O) groups is 2. The van der Waals surface area contributed by atoms with Crippen LogP contribution in [-0.4, -0.2) is 29.8 Å². The van der Waals surface area contributed by atoms with Crippen LogP contribution >= 0.6 is 0 Å². The van der Waals surface area contributed by atoms with E-state index in [4.69, 9.17) is 0 Å². The molecule has 1 heterocycles. The van der Waals surface area contributed by atoms with Crippen molar-refractivity contribution in [2.75, 3.05) is 13.1 Å². The first-order valence-electron chi connectivity index (χ1n) is 10.5. The van der Waals surface area contributed by atoms with Crippen LogP contribution in [0.2, 0.25) is 0 Å². The largest absolute Gasteiger partial charge is 0.416 e. The Labute approximate surface area is 180 Å². The SMILES string of the molecule is Cc1cccc(C(=O)N2CCC(CCC(=O)NCc3cccc(C(F)(F)F)c3)CC2)c1. The minimum Gasteiger partial charge on any atom is -0.352 e. The Morgan fingerprint density at radius 2 is 1.77 bits per heavy atom. The molecule has 0 bridgehead atoms. The predicted octanol–water partition coefficient (Wildman–Crippen LogP) is 4.96. The molecule has 2 aromatic rings. The topological polar surface area (TPSA) is 49.4 Å². The van der Waals surface area contributed by atoms with Gasteiger partial charge in [0.1, 0.15) is 0 Å². The number of hydrogen-bond donors (Lipinski definition) is 1. The van der Waals surface area contributed by atoms with Gasteiger partial charge in [-0.3, -0.25) is 9.59 Å². The van der Waals surface area contributed by atoms with Crippen LogP contribution < -0.4 is 5.32 Å². The van der Waals surface area contributed by atoms with Crippen LogP contribution in [0.4, 0.5) is 13.2 Å². The lowest BCUT2D eigenvalue weighted by atomic mass is 9.91. The first-order chi connectivity index (χ1) is 14.7. The fraction of sp³-hybridized carbons (Fsp3) is 0.417. The second-order valence-electron chi connectivity index (χ2n) is 8.12.